The van der Waals surface area contributed by atoms with Gasteiger partial charge in [-0.2, -0.15) is 0 Å². The second kappa shape index (κ2) is 8.67. The van der Waals surface area contributed by atoms with Crippen LogP contribution in [0.4, 0.5) is 0 Å². The summed E-state index contributed by atoms with van der Waals surface area (Å²) in [6.07, 6.45) is 4.65. The van der Waals surface area contributed by atoms with E-state index in [9.17, 15) is 9.59 Å². The highest BCUT2D eigenvalue weighted by Gasteiger charge is 2.35. The molecule has 3 aromatic rings. The molecule has 1 N–H and O–H groups in total. The lowest BCUT2D eigenvalue weighted by Crippen LogP contribution is -2.47. The first-order chi connectivity index (χ1) is 15.6. The number of likely N-dealkylation sites (tertiary alicyclic amines) is 1. The molecule has 3 aromatic heterocycles. The van der Waals surface area contributed by atoms with Gasteiger partial charge < -0.3 is 9.88 Å². The molecule has 0 spiro atoms. The van der Waals surface area contributed by atoms with Crippen molar-refractivity contribution in [3.05, 3.63) is 93.4 Å². The molecule has 32 heavy (non-hydrogen) atoms. The van der Waals surface area contributed by atoms with Crippen LogP contribution in [0.25, 0.3) is 0 Å². The number of piperidine rings is 1. The topological polar surface area (TPSA) is 80.1 Å². The van der Waals surface area contributed by atoms with Crippen LogP contribution in [-0.4, -0.2) is 38.4 Å². The zero-order valence-corrected chi connectivity index (χ0v) is 18.2. The largest absolute Gasteiger partial charge is 0.346 e. The summed E-state index contributed by atoms with van der Waals surface area (Å²) in [6.45, 7) is 5.76. The van der Waals surface area contributed by atoms with Crippen LogP contribution in [0, 0.1) is 12.8 Å². The highest BCUT2D eigenvalue weighted by molar-refractivity contribution is 5.93. The number of carbonyl (C=O) groups is 1. The molecule has 2 bridgehead atoms. The number of hydrogen-bond acceptors (Lipinski definition) is 5. The Morgan fingerprint density at radius 1 is 1.09 bits per heavy atom. The number of pyridine rings is 3. The number of hydrogen-bond donors (Lipinski definition) is 1. The number of carbonyl (C=O) groups excluding carboxylic acids is 1. The van der Waals surface area contributed by atoms with Crippen molar-refractivity contribution >= 4 is 5.91 Å². The lowest BCUT2D eigenvalue weighted by Gasteiger charge is -2.43. The van der Waals surface area contributed by atoms with Crippen molar-refractivity contribution in [2.24, 2.45) is 5.92 Å². The molecule has 7 heteroatoms. The molecule has 5 rings (SSSR count). The van der Waals surface area contributed by atoms with Gasteiger partial charge in [0.25, 0.3) is 11.5 Å². The molecular weight excluding hydrogens is 402 g/mol. The lowest BCUT2D eigenvalue weighted by molar-refractivity contribution is 0.0943. The van der Waals surface area contributed by atoms with Crippen molar-refractivity contribution in [3.63, 3.8) is 0 Å². The summed E-state index contributed by atoms with van der Waals surface area (Å²) in [5.41, 5.74) is 4.13. The van der Waals surface area contributed by atoms with Gasteiger partial charge in [-0.1, -0.05) is 6.07 Å². The Morgan fingerprint density at radius 2 is 2.00 bits per heavy atom. The maximum atomic E-state index is 13.2. The molecule has 5 heterocycles. The minimum Gasteiger partial charge on any atom is -0.346 e. The molecule has 0 aromatic carbocycles. The zero-order valence-electron chi connectivity index (χ0n) is 18.2. The minimum absolute atomic E-state index is 0.186. The van der Waals surface area contributed by atoms with Gasteiger partial charge in [0, 0.05) is 55.9 Å². The van der Waals surface area contributed by atoms with E-state index in [2.05, 4.69) is 32.3 Å². The predicted octanol–water partition coefficient (Wildman–Crippen LogP) is 2.50. The highest BCUT2D eigenvalue weighted by Crippen LogP contribution is 2.35. The van der Waals surface area contributed by atoms with Crippen LogP contribution in [0.5, 0.6) is 0 Å². The number of amides is 1. The second-order valence-electron chi connectivity index (χ2n) is 8.89. The van der Waals surface area contributed by atoms with Gasteiger partial charge in [0.2, 0.25) is 0 Å². The number of rotatable bonds is 5. The molecule has 1 saturated heterocycles. The standard InChI is InChI=1S/C25H27N5O2/c1-17-10-18(7-9-26-17)13-29-14-19-11-20(16-29)23-6-5-22(25(32)30(23)15-19)24(31)28-12-21-4-2-3-8-27-21/h2-10,19-20H,11-16H2,1H3,(H,28,31)/t19-,20+/m0/s1. The number of aryl methyl sites for hydroxylation is 1. The van der Waals surface area contributed by atoms with Gasteiger partial charge >= 0.3 is 0 Å². The second-order valence-corrected chi connectivity index (χ2v) is 8.89. The Kier molecular flexibility index (Phi) is 5.57. The third kappa shape index (κ3) is 4.21. The lowest BCUT2D eigenvalue weighted by atomic mass is 9.82. The van der Waals surface area contributed by atoms with E-state index in [1.807, 2.05) is 42.0 Å². The summed E-state index contributed by atoms with van der Waals surface area (Å²) in [6, 6.07) is 13.4. The SMILES string of the molecule is Cc1cc(CN2C[C@@H]3C[C@H](C2)c2ccc(C(=O)NCc4ccccn4)c(=O)n2C3)ccn1. The average Bonchev–Trinajstić information content (AvgIpc) is 2.79. The van der Waals surface area contributed by atoms with Gasteiger partial charge in [0.05, 0.1) is 12.2 Å². The van der Waals surface area contributed by atoms with Crippen LogP contribution in [0.15, 0.2) is 59.7 Å². The molecule has 0 saturated carbocycles. The summed E-state index contributed by atoms with van der Waals surface area (Å²) >= 11 is 0. The quantitative estimate of drug-likeness (QED) is 0.674. The van der Waals surface area contributed by atoms with Crippen molar-refractivity contribution in [2.45, 2.75) is 38.9 Å². The molecule has 2 aliphatic rings. The Bertz CT molecular complexity index is 1190. The van der Waals surface area contributed by atoms with Gasteiger partial charge in [0.15, 0.2) is 0 Å². The summed E-state index contributed by atoms with van der Waals surface area (Å²) in [7, 11) is 0. The molecular formula is C25H27N5O2. The van der Waals surface area contributed by atoms with Gasteiger partial charge in [0.1, 0.15) is 5.56 Å². The van der Waals surface area contributed by atoms with Gasteiger partial charge in [-0.3, -0.25) is 24.5 Å². The number of fused-ring (bicyclic) bond motifs is 4. The van der Waals surface area contributed by atoms with Crippen molar-refractivity contribution in [2.75, 3.05) is 13.1 Å². The monoisotopic (exact) mass is 429 g/mol. The van der Waals surface area contributed by atoms with Gasteiger partial charge in [-0.05, 0) is 61.2 Å². The van der Waals surface area contributed by atoms with E-state index in [0.717, 1.165) is 43.1 Å². The number of aromatic nitrogens is 3. The van der Waals surface area contributed by atoms with E-state index in [1.165, 1.54) is 5.56 Å². The van der Waals surface area contributed by atoms with Crippen LogP contribution < -0.4 is 10.9 Å². The maximum absolute atomic E-state index is 13.2. The molecule has 1 amide bonds. The van der Waals surface area contributed by atoms with Crippen molar-refractivity contribution in [1.82, 2.24) is 24.8 Å². The van der Waals surface area contributed by atoms with Crippen molar-refractivity contribution < 1.29 is 4.79 Å². The first kappa shape index (κ1) is 20.6. The molecule has 0 radical (unpaired) electrons. The van der Waals surface area contributed by atoms with E-state index in [0.29, 0.717) is 24.9 Å². The first-order valence-corrected chi connectivity index (χ1v) is 11.1. The first-order valence-electron chi connectivity index (χ1n) is 11.1. The fourth-order valence-corrected chi connectivity index (χ4v) is 5.08. The number of nitrogens with zero attached hydrogens (tertiary/aromatic N) is 4. The van der Waals surface area contributed by atoms with Crippen LogP contribution in [0.2, 0.25) is 0 Å². The van der Waals surface area contributed by atoms with Crippen molar-refractivity contribution in [1.29, 1.82) is 0 Å². The van der Waals surface area contributed by atoms with E-state index in [1.54, 1.807) is 12.3 Å². The zero-order chi connectivity index (χ0) is 22.1. The van der Waals surface area contributed by atoms with Gasteiger partial charge in [-0.15, -0.1) is 0 Å². The highest BCUT2D eigenvalue weighted by atomic mass is 16.2. The van der Waals surface area contributed by atoms with E-state index < -0.39 is 0 Å². The number of nitrogens with one attached hydrogen (secondary N) is 1. The third-order valence-corrected chi connectivity index (χ3v) is 6.45. The molecule has 0 unspecified atom stereocenters. The summed E-state index contributed by atoms with van der Waals surface area (Å²) in [5.74, 6) is 0.374. The fraction of sp³-hybridized carbons (Fsp3) is 0.360. The Morgan fingerprint density at radius 3 is 2.81 bits per heavy atom. The smallest absolute Gasteiger partial charge is 0.263 e. The predicted molar refractivity (Wildman–Crippen MR) is 121 cm³/mol. The van der Waals surface area contributed by atoms with Gasteiger partial charge in [-0.25, -0.2) is 0 Å². The van der Waals surface area contributed by atoms with Crippen LogP contribution >= 0.6 is 0 Å². The van der Waals surface area contributed by atoms with Crippen LogP contribution in [0.3, 0.4) is 0 Å². The molecule has 7 nitrogen and oxygen atoms in total. The molecule has 2 aliphatic heterocycles. The fourth-order valence-electron chi connectivity index (χ4n) is 5.08. The van der Waals surface area contributed by atoms with Crippen LogP contribution in [-0.2, 0) is 19.6 Å². The molecule has 164 valence electrons. The van der Waals surface area contributed by atoms with Crippen molar-refractivity contribution in [3.8, 4) is 0 Å². The molecule has 2 atom stereocenters. The normalized spacial score (nSPS) is 19.9. The van der Waals surface area contributed by atoms with Crippen LogP contribution in [0.1, 0.15) is 45.3 Å². The van der Waals surface area contributed by atoms with E-state index in [-0.39, 0.29) is 17.0 Å². The maximum Gasteiger partial charge on any atom is 0.263 e. The Labute approximate surface area is 187 Å². The Balaban J connectivity index is 1.32. The summed E-state index contributed by atoms with van der Waals surface area (Å²) in [4.78, 5) is 36.8. The molecule has 0 aliphatic carbocycles. The average molecular weight is 430 g/mol. The summed E-state index contributed by atoms with van der Waals surface area (Å²) in [5, 5.41) is 2.82. The Hall–Kier alpha value is -3.32. The minimum atomic E-state index is -0.346. The van der Waals surface area contributed by atoms with E-state index in [4.69, 9.17) is 0 Å². The third-order valence-electron chi connectivity index (χ3n) is 6.45. The summed E-state index contributed by atoms with van der Waals surface area (Å²) < 4.78 is 1.84. The molecule has 1 fully saturated rings. The van der Waals surface area contributed by atoms with E-state index >= 15 is 0 Å².